The molecule has 4 aromatic rings. The number of ketones is 1. The van der Waals surface area contributed by atoms with E-state index in [2.05, 4.69) is 10.2 Å². The van der Waals surface area contributed by atoms with Crippen LogP contribution in [0.3, 0.4) is 0 Å². The summed E-state index contributed by atoms with van der Waals surface area (Å²) in [6.07, 6.45) is 0. The molecule has 1 saturated heterocycles. The van der Waals surface area contributed by atoms with Gasteiger partial charge in [-0.05, 0) is 59.7 Å². The Morgan fingerprint density at radius 3 is 2.37 bits per heavy atom. The van der Waals surface area contributed by atoms with E-state index in [1.165, 1.54) is 34.9 Å². The van der Waals surface area contributed by atoms with Crippen molar-refractivity contribution in [2.24, 2.45) is 0 Å². The summed E-state index contributed by atoms with van der Waals surface area (Å²) < 4.78 is 13.7. The maximum absolute atomic E-state index is 13.3. The third-order valence-corrected chi connectivity index (χ3v) is 8.82. The highest BCUT2D eigenvalue weighted by Gasteiger charge is 2.48. The molecule has 1 amide bonds. The first-order valence-corrected chi connectivity index (χ1v) is 13.9. The van der Waals surface area contributed by atoms with Gasteiger partial charge in [-0.15, -0.1) is 10.2 Å². The molecular formula is C26H15Cl3FN3O3S2. The molecule has 5 rings (SSSR count). The Hall–Kier alpha value is -2.95. The zero-order chi connectivity index (χ0) is 27.0. The van der Waals surface area contributed by atoms with Gasteiger partial charge in [0.15, 0.2) is 4.34 Å². The van der Waals surface area contributed by atoms with Crippen molar-refractivity contribution in [1.29, 1.82) is 0 Å². The number of nitrogens with zero attached hydrogens (tertiary/aromatic N) is 3. The predicted octanol–water partition coefficient (Wildman–Crippen LogP) is 7.56. The van der Waals surface area contributed by atoms with Gasteiger partial charge in [-0.2, -0.15) is 0 Å². The lowest BCUT2D eigenvalue weighted by atomic mass is 9.95. The summed E-state index contributed by atoms with van der Waals surface area (Å²) in [6, 6.07) is 16.0. The molecule has 2 heterocycles. The fourth-order valence-corrected chi connectivity index (χ4v) is 6.13. The van der Waals surface area contributed by atoms with Crippen LogP contribution in [0.1, 0.15) is 22.7 Å². The highest BCUT2D eigenvalue weighted by Crippen LogP contribution is 2.45. The van der Waals surface area contributed by atoms with E-state index >= 15 is 0 Å². The van der Waals surface area contributed by atoms with Gasteiger partial charge in [0, 0.05) is 16.3 Å². The number of amides is 1. The van der Waals surface area contributed by atoms with Gasteiger partial charge in [-0.25, -0.2) is 4.39 Å². The number of Topliss-reactive ketones (excluding diaryl/α,β-unsaturated/α-hetero) is 1. The molecule has 38 heavy (non-hydrogen) atoms. The van der Waals surface area contributed by atoms with E-state index in [4.69, 9.17) is 34.8 Å². The summed E-state index contributed by atoms with van der Waals surface area (Å²) in [4.78, 5) is 27.8. The number of aromatic nitrogens is 2. The second kappa shape index (κ2) is 11.0. The van der Waals surface area contributed by atoms with Crippen molar-refractivity contribution < 1.29 is 19.1 Å². The number of aliphatic hydroxyl groups is 1. The van der Waals surface area contributed by atoms with Crippen molar-refractivity contribution in [3.05, 3.63) is 110 Å². The van der Waals surface area contributed by atoms with Crippen molar-refractivity contribution in [3.63, 3.8) is 0 Å². The number of rotatable bonds is 6. The van der Waals surface area contributed by atoms with Crippen LogP contribution in [0.15, 0.2) is 76.6 Å². The van der Waals surface area contributed by atoms with Gasteiger partial charge >= 0.3 is 5.91 Å². The zero-order valence-corrected chi connectivity index (χ0v) is 23.0. The Balaban J connectivity index is 1.55. The number of carbonyl (C=O) groups is 2. The first-order valence-electron chi connectivity index (χ1n) is 11.0. The molecule has 0 radical (unpaired) electrons. The zero-order valence-electron chi connectivity index (χ0n) is 19.1. The van der Waals surface area contributed by atoms with Gasteiger partial charge in [0.05, 0.1) is 21.7 Å². The Kier molecular flexibility index (Phi) is 7.74. The van der Waals surface area contributed by atoms with Crippen molar-refractivity contribution in [3.8, 4) is 0 Å². The molecule has 0 aliphatic carbocycles. The largest absolute Gasteiger partial charge is 0.507 e. The molecule has 0 bridgehead atoms. The quantitative estimate of drug-likeness (QED) is 0.0802. The lowest BCUT2D eigenvalue weighted by molar-refractivity contribution is -0.132. The Morgan fingerprint density at radius 2 is 1.68 bits per heavy atom. The van der Waals surface area contributed by atoms with Gasteiger partial charge in [0.2, 0.25) is 5.13 Å². The Labute approximate surface area is 239 Å². The molecule has 1 N–H and O–H groups in total. The van der Waals surface area contributed by atoms with Gasteiger partial charge in [0.25, 0.3) is 5.78 Å². The van der Waals surface area contributed by atoms with Crippen LogP contribution in [0.25, 0.3) is 5.76 Å². The molecule has 0 spiro atoms. The van der Waals surface area contributed by atoms with Crippen LogP contribution in [0.5, 0.6) is 0 Å². The normalized spacial score (nSPS) is 16.8. The number of anilines is 1. The van der Waals surface area contributed by atoms with Crippen molar-refractivity contribution >= 4 is 80.5 Å². The van der Waals surface area contributed by atoms with Crippen molar-refractivity contribution in [1.82, 2.24) is 10.2 Å². The molecule has 3 aromatic carbocycles. The summed E-state index contributed by atoms with van der Waals surface area (Å²) in [5.41, 5.74) is 1.51. The van der Waals surface area contributed by atoms with Gasteiger partial charge < -0.3 is 5.11 Å². The first-order chi connectivity index (χ1) is 18.2. The lowest BCUT2D eigenvalue weighted by Gasteiger charge is -2.22. The molecule has 192 valence electrons. The average Bonchev–Trinajstić information content (AvgIpc) is 3.47. The van der Waals surface area contributed by atoms with E-state index < -0.39 is 17.7 Å². The maximum Gasteiger partial charge on any atom is 0.301 e. The van der Waals surface area contributed by atoms with Crippen LogP contribution in [0, 0.1) is 5.82 Å². The fraction of sp³-hybridized carbons (Fsp3) is 0.0769. The monoisotopic (exact) mass is 605 g/mol. The van der Waals surface area contributed by atoms with E-state index in [0.29, 0.717) is 31.3 Å². The summed E-state index contributed by atoms with van der Waals surface area (Å²) >= 11 is 20.8. The number of hydrogen-bond acceptors (Lipinski definition) is 7. The SMILES string of the molecule is O=C1C(=O)N(c2nnc(SCc3ccc(F)cc3)s2)C(c2ccc(Cl)c(Cl)c2)/C1=C(/O)c1ccc(Cl)cc1. The number of carbonyl (C=O) groups excluding carboxylic acids is 2. The maximum atomic E-state index is 13.3. The topological polar surface area (TPSA) is 83.4 Å². The fourth-order valence-electron chi connectivity index (χ4n) is 3.87. The van der Waals surface area contributed by atoms with E-state index in [1.54, 1.807) is 48.5 Å². The number of hydrogen-bond donors (Lipinski definition) is 1. The minimum atomic E-state index is -1.04. The van der Waals surface area contributed by atoms with Crippen LogP contribution >= 0.6 is 57.9 Å². The molecule has 1 aliphatic heterocycles. The molecule has 1 aromatic heterocycles. The molecular weight excluding hydrogens is 592 g/mol. The molecule has 1 fully saturated rings. The van der Waals surface area contributed by atoms with Crippen molar-refractivity contribution in [2.45, 2.75) is 16.1 Å². The van der Waals surface area contributed by atoms with Gasteiger partial charge in [0.1, 0.15) is 11.6 Å². The predicted molar refractivity (Wildman–Crippen MR) is 149 cm³/mol. The summed E-state index contributed by atoms with van der Waals surface area (Å²) in [7, 11) is 0. The second-order valence-corrected chi connectivity index (χ2v) is 11.5. The van der Waals surface area contributed by atoms with Crippen LogP contribution in [0.4, 0.5) is 9.52 Å². The summed E-state index contributed by atoms with van der Waals surface area (Å²) in [5.74, 6) is -1.95. The van der Waals surface area contributed by atoms with E-state index in [9.17, 15) is 19.1 Å². The van der Waals surface area contributed by atoms with Crippen LogP contribution in [-0.4, -0.2) is 27.0 Å². The number of halogens is 4. The summed E-state index contributed by atoms with van der Waals surface area (Å²) in [6.45, 7) is 0. The standard InChI is InChI=1S/C26H15Cl3FN3O3S2/c27-16-6-3-14(4-7-16)22(34)20-21(15-5-10-18(28)19(29)11-15)33(24(36)23(20)35)25-31-32-26(38-25)37-12-13-1-8-17(30)9-2-13/h1-11,21,34H,12H2/b22-20-. The minimum Gasteiger partial charge on any atom is -0.507 e. The van der Waals surface area contributed by atoms with Crippen molar-refractivity contribution in [2.75, 3.05) is 4.90 Å². The second-order valence-electron chi connectivity index (χ2n) is 8.12. The highest BCUT2D eigenvalue weighted by molar-refractivity contribution is 8.00. The lowest BCUT2D eigenvalue weighted by Crippen LogP contribution is -2.29. The van der Waals surface area contributed by atoms with Crippen LogP contribution in [0.2, 0.25) is 15.1 Å². The molecule has 1 unspecified atom stereocenters. The molecule has 0 saturated carbocycles. The third-order valence-electron chi connectivity index (χ3n) is 5.70. The molecule has 6 nitrogen and oxygen atoms in total. The van der Waals surface area contributed by atoms with E-state index in [1.807, 2.05) is 0 Å². The smallest absolute Gasteiger partial charge is 0.301 e. The van der Waals surface area contributed by atoms with E-state index in [0.717, 1.165) is 16.9 Å². The Morgan fingerprint density at radius 1 is 0.974 bits per heavy atom. The molecule has 1 aliphatic rings. The molecule has 1 atom stereocenters. The Bertz CT molecular complexity index is 1580. The van der Waals surface area contributed by atoms with E-state index in [-0.39, 0.29) is 27.3 Å². The highest BCUT2D eigenvalue weighted by atomic mass is 35.5. The van der Waals surface area contributed by atoms with Gasteiger partial charge in [-0.1, -0.05) is 76.1 Å². The van der Waals surface area contributed by atoms with Crippen LogP contribution in [-0.2, 0) is 15.3 Å². The average molecular weight is 607 g/mol. The minimum absolute atomic E-state index is 0.133. The number of benzene rings is 3. The number of aliphatic hydroxyl groups excluding tert-OH is 1. The molecule has 12 heteroatoms. The summed E-state index contributed by atoms with van der Waals surface area (Å²) in [5, 5.41) is 20.6. The van der Waals surface area contributed by atoms with Gasteiger partial charge in [-0.3, -0.25) is 14.5 Å². The van der Waals surface area contributed by atoms with Crippen LogP contribution < -0.4 is 4.90 Å². The first kappa shape index (κ1) is 26.6. The number of thioether (sulfide) groups is 1. The third kappa shape index (κ3) is 5.30.